The highest BCUT2D eigenvalue weighted by Crippen LogP contribution is 2.43. The van der Waals surface area contributed by atoms with Crippen LogP contribution in [0.15, 0.2) is 36.4 Å². The number of ether oxygens (including phenoxy) is 1. The monoisotopic (exact) mass is 307 g/mol. The minimum atomic E-state index is 0.469. The molecule has 4 rings (SSSR count). The van der Waals surface area contributed by atoms with Gasteiger partial charge in [0.15, 0.2) is 0 Å². The smallest absolute Gasteiger partial charge is 0.122 e. The number of benzene rings is 2. The zero-order chi connectivity index (χ0) is 16.0. The SMILES string of the molecule is COc1cc2c(cc1C)CCN(C)[C@H]1CCc3ccccc3[C@H]21. The van der Waals surface area contributed by atoms with Crippen LogP contribution in [0.1, 0.15) is 40.2 Å². The summed E-state index contributed by atoms with van der Waals surface area (Å²) in [4.78, 5) is 2.57. The number of hydrogen-bond acceptors (Lipinski definition) is 2. The Bertz CT molecular complexity index is 737. The molecule has 0 amide bonds. The van der Waals surface area contributed by atoms with Crippen LogP contribution in [-0.2, 0) is 12.8 Å². The maximum absolute atomic E-state index is 5.63. The Kier molecular flexibility index (Phi) is 3.65. The number of likely N-dealkylation sites (N-methyl/N-ethyl adjacent to an activating group) is 1. The molecule has 0 saturated heterocycles. The lowest BCUT2D eigenvalue weighted by atomic mass is 9.74. The Labute approximate surface area is 139 Å². The maximum Gasteiger partial charge on any atom is 0.122 e. The number of rotatable bonds is 1. The van der Waals surface area contributed by atoms with Gasteiger partial charge in [-0.3, -0.25) is 0 Å². The molecule has 0 fully saturated rings. The van der Waals surface area contributed by atoms with Crippen LogP contribution in [0.3, 0.4) is 0 Å². The molecule has 1 heterocycles. The Balaban J connectivity index is 1.93. The van der Waals surface area contributed by atoms with Gasteiger partial charge in [-0.25, -0.2) is 0 Å². The van der Waals surface area contributed by atoms with Crippen LogP contribution in [0.25, 0.3) is 0 Å². The van der Waals surface area contributed by atoms with Gasteiger partial charge in [-0.15, -0.1) is 0 Å². The summed E-state index contributed by atoms with van der Waals surface area (Å²) in [6.45, 7) is 3.29. The molecule has 1 aliphatic carbocycles. The molecule has 0 aromatic heterocycles. The average Bonchev–Trinajstić information content (AvgIpc) is 2.71. The summed E-state index contributed by atoms with van der Waals surface area (Å²) in [7, 11) is 4.07. The minimum Gasteiger partial charge on any atom is -0.496 e. The molecule has 2 atom stereocenters. The molecule has 0 bridgehead atoms. The summed E-state index contributed by atoms with van der Waals surface area (Å²) < 4.78 is 5.63. The van der Waals surface area contributed by atoms with E-state index in [2.05, 4.69) is 55.3 Å². The predicted molar refractivity (Wildman–Crippen MR) is 94.5 cm³/mol. The van der Waals surface area contributed by atoms with Crippen molar-refractivity contribution in [2.75, 3.05) is 20.7 Å². The lowest BCUT2D eigenvalue weighted by molar-refractivity contribution is 0.214. The standard InChI is InChI=1S/C21H25NO/c1-14-12-16-10-11-22(2)19-9-8-15-6-4-5-7-17(15)21(19)18(16)13-20(14)23-3/h4-7,12-13,19,21H,8-11H2,1-3H3/t19-,21+/m0/s1. The molecule has 23 heavy (non-hydrogen) atoms. The summed E-state index contributed by atoms with van der Waals surface area (Å²) in [5.74, 6) is 1.49. The first-order chi connectivity index (χ1) is 11.2. The normalized spacial score (nSPS) is 23.4. The number of hydrogen-bond donors (Lipinski definition) is 0. The van der Waals surface area contributed by atoms with Crippen molar-refractivity contribution in [3.63, 3.8) is 0 Å². The van der Waals surface area contributed by atoms with Gasteiger partial charge in [0.2, 0.25) is 0 Å². The van der Waals surface area contributed by atoms with Crippen LogP contribution in [-0.4, -0.2) is 31.6 Å². The van der Waals surface area contributed by atoms with E-state index < -0.39 is 0 Å². The molecule has 2 aromatic carbocycles. The fourth-order valence-electron chi connectivity index (χ4n) is 4.54. The van der Waals surface area contributed by atoms with Gasteiger partial charge >= 0.3 is 0 Å². The van der Waals surface area contributed by atoms with E-state index in [9.17, 15) is 0 Å². The fourth-order valence-corrected chi connectivity index (χ4v) is 4.54. The number of fused-ring (bicyclic) bond motifs is 5. The van der Waals surface area contributed by atoms with E-state index in [1.54, 1.807) is 7.11 Å². The molecule has 2 aliphatic rings. The Morgan fingerprint density at radius 2 is 1.87 bits per heavy atom. The molecule has 120 valence electrons. The number of aryl methyl sites for hydroxylation is 2. The zero-order valence-corrected chi connectivity index (χ0v) is 14.3. The third-order valence-corrected chi connectivity index (χ3v) is 5.78. The van der Waals surface area contributed by atoms with Gasteiger partial charge in [0.1, 0.15) is 5.75 Å². The molecule has 0 saturated carbocycles. The molecule has 0 radical (unpaired) electrons. The molecule has 2 heteroatoms. The molecular weight excluding hydrogens is 282 g/mol. The highest BCUT2D eigenvalue weighted by atomic mass is 16.5. The Morgan fingerprint density at radius 3 is 2.70 bits per heavy atom. The molecule has 2 nitrogen and oxygen atoms in total. The van der Waals surface area contributed by atoms with E-state index in [1.807, 2.05) is 0 Å². The highest BCUT2D eigenvalue weighted by Gasteiger charge is 2.36. The highest BCUT2D eigenvalue weighted by molar-refractivity contribution is 5.51. The van der Waals surface area contributed by atoms with E-state index >= 15 is 0 Å². The largest absolute Gasteiger partial charge is 0.496 e. The maximum atomic E-state index is 5.63. The van der Waals surface area contributed by atoms with E-state index in [-0.39, 0.29) is 0 Å². The second kappa shape index (κ2) is 5.68. The van der Waals surface area contributed by atoms with Crippen LogP contribution < -0.4 is 4.74 Å². The lowest BCUT2D eigenvalue weighted by Crippen LogP contribution is -2.39. The van der Waals surface area contributed by atoms with Crippen LogP contribution in [0.2, 0.25) is 0 Å². The lowest BCUT2D eigenvalue weighted by Gasteiger charge is -2.38. The van der Waals surface area contributed by atoms with Gasteiger partial charge in [-0.05, 0) is 67.1 Å². The van der Waals surface area contributed by atoms with E-state index in [0.29, 0.717) is 12.0 Å². The van der Waals surface area contributed by atoms with Gasteiger partial charge in [0, 0.05) is 18.5 Å². The zero-order valence-electron chi connectivity index (χ0n) is 14.3. The Morgan fingerprint density at radius 1 is 1.04 bits per heavy atom. The van der Waals surface area contributed by atoms with Crippen molar-refractivity contribution in [3.8, 4) is 5.75 Å². The predicted octanol–water partition coefficient (Wildman–Crippen LogP) is 3.94. The first kappa shape index (κ1) is 14.8. The summed E-state index contributed by atoms with van der Waals surface area (Å²) in [5.41, 5.74) is 7.27. The van der Waals surface area contributed by atoms with Crippen LogP contribution in [0.5, 0.6) is 5.75 Å². The summed E-state index contributed by atoms with van der Waals surface area (Å²) in [5, 5.41) is 0. The van der Waals surface area contributed by atoms with Gasteiger partial charge in [-0.1, -0.05) is 30.3 Å². The Hall–Kier alpha value is -1.80. The number of nitrogens with zero attached hydrogens (tertiary/aromatic N) is 1. The van der Waals surface area contributed by atoms with Gasteiger partial charge in [0.25, 0.3) is 0 Å². The first-order valence-corrected chi connectivity index (χ1v) is 8.64. The van der Waals surface area contributed by atoms with Crippen molar-refractivity contribution in [2.45, 2.75) is 38.1 Å². The van der Waals surface area contributed by atoms with E-state index in [4.69, 9.17) is 4.74 Å². The van der Waals surface area contributed by atoms with Gasteiger partial charge in [0.05, 0.1) is 7.11 Å². The second-order valence-corrected chi connectivity index (χ2v) is 7.03. The first-order valence-electron chi connectivity index (χ1n) is 8.64. The van der Waals surface area contributed by atoms with Crippen molar-refractivity contribution in [2.24, 2.45) is 0 Å². The molecule has 0 N–H and O–H groups in total. The third kappa shape index (κ3) is 2.36. The molecular formula is C21H25NO. The van der Waals surface area contributed by atoms with E-state index in [0.717, 1.165) is 18.7 Å². The third-order valence-electron chi connectivity index (χ3n) is 5.78. The van der Waals surface area contributed by atoms with Crippen molar-refractivity contribution in [3.05, 3.63) is 64.2 Å². The quantitative estimate of drug-likeness (QED) is 0.791. The van der Waals surface area contributed by atoms with Crippen LogP contribution >= 0.6 is 0 Å². The fraction of sp³-hybridized carbons (Fsp3) is 0.429. The summed E-state index contributed by atoms with van der Waals surface area (Å²) in [6.07, 6.45) is 3.57. The van der Waals surface area contributed by atoms with Crippen molar-refractivity contribution < 1.29 is 4.74 Å². The van der Waals surface area contributed by atoms with Crippen LogP contribution in [0.4, 0.5) is 0 Å². The molecule has 1 aliphatic heterocycles. The van der Waals surface area contributed by atoms with Gasteiger partial charge < -0.3 is 9.64 Å². The second-order valence-electron chi connectivity index (χ2n) is 7.03. The minimum absolute atomic E-state index is 0.469. The summed E-state index contributed by atoms with van der Waals surface area (Å²) >= 11 is 0. The van der Waals surface area contributed by atoms with Crippen molar-refractivity contribution >= 4 is 0 Å². The van der Waals surface area contributed by atoms with Crippen molar-refractivity contribution in [1.82, 2.24) is 4.90 Å². The molecule has 2 aromatic rings. The average molecular weight is 307 g/mol. The van der Waals surface area contributed by atoms with Crippen LogP contribution in [0, 0.1) is 6.92 Å². The number of methoxy groups -OCH3 is 1. The summed E-state index contributed by atoms with van der Waals surface area (Å²) in [6, 6.07) is 14.3. The van der Waals surface area contributed by atoms with Gasteiger partial charge in [-0.2, -0.15) is 0 Å². The molecule has 0 spiro atoms. The topological polar surface area (TPSA) is 12.5 Å². The van der Waals surface area contributed by atoms with E-state index in [1.165, 1.54) is 40.7 Å². The molecule has 0 unspecified atom stereocenters. The van der Waals surface area contributed by atoms with Crippen molar-refractivity contribution in [1.29, 1.82) is 0 Å².